The van der Waals surface area contributed by atoms with Gasteiger partial charge in [0.05, 0.1) is 10.7 Å². The van der Waals surface area contributed by atoms with Crippen LogP contribution in [0.4, 0.5) is 5.69 Å². The minimum atomic E-state index is -0.162. The first-order chi connectivity index (χ1) is 9.22. The molecule has 0 saturated heterocycles. The molecule has 5 nitrogen and oxygen atoms in total. The Balaban J connectivity index is 2.26. The van der Waals surface area contributed by atoms with Crippen LogP contribution < -0.4 is 5.32 Å². The van der Waals surface area contributed by atoms with Crippen LogP contribution in [0.2, 0.25) is 5.02 Å². The van der Waals surface area contributed by atoms with E-state index < -0.39 is 0 Å². The van der Waals surface area contributed by atoms with Crippen LogP contribution in [0.5, 0.6) is 0 Å². The van der Waals surface area contributed by atoms with Gasteiger partial charge < -0.3 is 10.4 Å². The zero-order valence-electron chi connectivity index (χ0n) is 10.2. The Morgan fingerprint density at radius 3 is 2.95 bits per heavy atom. The Labute approximate surface area is 115 Å². The normalized spacial score (nSPS) is 10.4. The fourth-order valence-corrected chi connectivity index (χ4v) is 1.96. The quantitative estimate of drug-likeness (QED) is 0.882. The highest BCUT2D eigenvalue weighted by Gasteiger charge is 2.11. The molecule has 0 spiro atoms. The van der Waals surface area contributed by atoms with Crippen LogP contribution in [-0.2, 0) is 4.79 Å². The number of aliphatic hydroxyl groups is 1. The molecular weight excluding hydrogens is 266 g/mol. The standard InChI is InChI=1S/C13H14ClN3O2/c14-10-4-1-5-11(16-12(19)6-2-9-18)13(10)17-8-3-7-15-17/h1,3-5,7-8,18H,2,6,9H2,(H,16,19). The first-order valence-corrected chi connectivity index (χ1v) is 6.29. The van der Waals surface area contributed by atoms with Crippen molar-refractivity contribution in [1.82, 2.24) is 9.78 Å². The van der Waals surface area contributed by atoms with Crippen molar-refractivity contribution in [1.29, 1.82) is 0 Å². The number of anilines is 1. The lowest BCUT2D eigenvalue weighted by Crippen LogP contribution is -2.14. The van der Waals surface area contributed by atoms with Gasteiger partial charge in [0, 0.05) is 25.4 Å². The third-order valence-electron chi connectivity index (χ3n) is 2.56. The van der Waals surface area contributed by atoms with Gasteiger partial charge >= 0.3 is 0 Å². The van der Waals surface area contributed by atoms with Crippen LogP contribution in [0.15, 0.2) is 36.7 Å². The van der Waals surface area contributed by atoms with Gasteiger partial charge in [0.15, 0.2) is 0 Å². The number of benzene rings is 1. The predicted molar refractivity (Wildman–Crippen MR) is 73.5 cm³/mol. The van der Waals surface area contributed by atoms with Crippen molar-refractivity contribution in [2.45, 2.75) is 12.8 Å². The molecule has 0 aliphatic carbocycles. The van der Waals surface area contributed by atoms with E-state index in [1.807, 2.05) is 0 Å². The fourth-order valence-electron chi connectivity index (χ4n) is 1.70. The lowest BCUT2D eigenvalue weighted by Gasteiger charge is -2.12. The van der Waals surface area contributed by atoms with Crippen molar-refractivity contribution >= 4 is 23.2 Å². The molecule has 1 heterocycles. The van der Waals surface area contributed by atoms with E-state index in [9.17, 15) is 4.79 Å². The molecule has 6 heteroatoms. The summed E-state index contributed by atoms with van der Waals surface area (Å²) in [4.78, 5) is 11.7. The van der Waals surface area contributed by atoms with Crippen molar-refractivity contribution in [2.75, 3.05) is 11.9 Å². The molecule has 0 radical (unpaired) electrons. The average molecular weight is 280 g/mol. The van der Waals surface area contributed by atoms with E-state index in [0.29, 0.717) is 22.8 Å². The molecule has 0 saturated carbocycles. The summed E-state index contributed by atoms with van der Waals surface area (Å²) >= 11 is 6.16. The van der Waals surface area contributed by atoms with Crippen molar-refractivity contribution in [3.05, 3.63) is 41.7 Å². The summed E-state index contributed by atoms with van der Waals surface area (Å²) in [7, 11) is 0. The summed E-state index contributed by atoms with van der Waals surface area (Å²) in [5, 5.41) is 16.1. The molecule has 19 heavy (non-hydrogen) atoms. The highest BCUT2D eigenvalue weighted by atomic mass is 35.5. The smallest absolute Gasteiger partial charge is 0.224 e. The summed E-state index contributed by atoms with van der Waals surface area (Å²) in [6.45, 7) is -0.00498. The number of amides is 1. The van der Waals surface area contributed by atoms with Crippen LogP contribution >= 0.6 is 11.6 Å². The first kappa shape index (κ1) is 13.6. The van der Waals surface area contributed by atoms with Gasteiger partial charge in [-0.25, -0.2) is 4.68 Å². The number of carbonyl (C=O) groups excluding carboxylic acids is 1. The molecule has 0 atom stereocenters. The summed E-state index contributed by atoms with van der Waals surface area (Å²) in [5.74, 6) is -0.162. The van der Waals surface area contributed by atoms with E-state index in [0.717, 1.165) is 0 Å². The summed E-state index contributed by atoms with van der Waals surface area (Å²) < 4.78 is 1.60. The number of para-hydroxylation sites is 1. The summed E-state index contributed by atoms with van der Waals surface area (Å²) in [6.07, 6.45) is 4.09. The van der Waals surface area contributed by atoms with Gasteiger partial charge in [0.2, 0.25) is 5.91 Å². The maximum absolute atomic E-state index is 11.7. The van der Waals surface area contributed by atoms with Crippen molar-refractivity contribution < 1.29 is 9.90 Å². The zero-order valence-corrected chi connectivity index (χ0v) is 11.0. The molecule has 0 fully saturated rings. The van der Waals surface area contributed by atoms with Crippen LogP contribution in [0.1, 0.15) is 12.8 Å². The van der Waals surface area contributed by atoms with Gasteiger partial charge in [0.25, 0.3) is 0 Å². The molecule has 0 aliphatic heterocycles. The lowest BCUT2D eigenvalue weighted by atomic mass is 10.2. The van der Waals surface area contributed by atoms with Gasteiger partial charge in [-0.1, -0.05) is 17.7 Å². The Kier molecular flexibility index (Phi) is 4.54. The molecule has 100 valence electrons. The van der Waals surface area contributed by atoms with Crippen LogP contribution in [0.3, 0.4) is 0 Å². The largest absolute Gasteiger partial charge is 0.396 e. The van der Waals surface area contributed by atoms with E-state index in [-0.39, 0.29) is 18.9 Å². The second-order valence-electron chi connectivity index (χ2n) is 3.96. The number of nitrogens with zero attached hydrogens (tertiary/aromatic N) is 2. The number of halogens is 1. The molecule has 1 aromatic heterocycles. The highest BCUT2D eigenvalue weighted by molar-refractivity contribution is 6.33. The van der Waals surface area contributed by atoms with Gasteiger partial charge in [-0.3, -0.25) is 4.79 Å². The number of rotatable bonds is 5. The molecule has 1 aromatic carbocycles. The number of hydrogen-bond donors (Lipinski definition) is 2. The van der Waals surface area contributed by atoms with Gasteiger partial charge in [-0.2, -0.15) is 5.10 Å². The Hall–Kier alpha value is -1.85. The number of hydrogen-bond acceptors (Lipinski definition) is 3. The van der Waals surface area contributed by atoms with Crippen molar-refractivity contribution in [3.8, 4) is 5.69 Å². The Morgan fingerprint density at radius 2 is 2.26 bits per heavy atom. The SMILES string of the molecule is O=C(CCCO)Nc1cccc(Cl)c1-n1cccn1. The number of nitrogens with one attached hydrogen (secondary N) is 1. The van der Waals surface area contributed by atoms with Gasteiger partial charge in [-0.15, -0.1) is 0 Å². The number of aromatic nitrogens is 2. The van der Waals surface area contributed by atoms with Crippen LogP contribution in [-0.4, -0.2) is 27.4 Å². The third-order valence-corrected chi connectivity index (χ3v) is 2.86. The summed E-state index contributed by atoms with van der Waals surface area (Å²) in [6, 6.07) is 7.04. The second kappa shape index (κ2) is 6.36. The average Bonchev–Trinajstić information content (AvgIpc) is 2.90. The molecular formula is C13H14ClN3O2. The Morgan fingerprint density at radius 1 is 1.42 bits per heavy atom. The van der Waals surface area contributed by atoms with E-state index >= 15 is 0 Å². The van der Waals surface area contributed by atoms with Crippen molar-refractivity contribution in [3.63, 3.8) is 0 Å². The zero-order chi connectivity index (χ0) is 13.7. The van der Waals surface area contributed by atoms with E-state index in [1.165, 1.54) is 0 Å². The molecule has 2 aromatic rings. The maximum atomic E-state index is 11.7. The monoisotopic (exact) mass is 279 g/mol. The molecule has 0 unspecified atom stereocenters. The molecule has 2 N–H and O–H groups in total. The fraction of sp³-hybridized carbons (Fsp3) is 0.231. The first-order valence-electron chi connectivity index (χ1n) is 5.91. The van der Waals surface area contributed by atoms with Crippen LogP contribution in [0.25, 0.3) is 5.69 Å². The van der Waals surface area contributed by atoms with Gasteiger partial charge in [0.1, 0.15) is 5.69 Å². The second-order valence-corrected chi connectivity index (χ2v) is 4.37. The van der Waals surface area contributed by atoms with Gasteiger partial charge in [-0.05, 0) is 24.6 Å². The minimum absolute atomic E-state index is 0.00498. The number of aliphatic hydroxyl groups excluding tert-OH is 1. The Bertz CT molecular complexity index is 555. The lowest BCUT2D eigenvalue weighted by molar-refractivity contribution is -0.116. The predicted octanol–water partition coefficient (Wildman–Crippen LogP) is 2.24. The highest BCUT2D eigenvalue weighted by Crippen LogP contribution is 2.28. The minimum Gasteiger partial charge on any atom is -0.396 e. The van der Waals surface area contributed by atoms with Crippen molar-refractivity contribution in [2.24, 2.45) is 0 Å². The third kappa shape index (κ3) is 3.33. The van der Waals surface area contributed by atoms with E-state index in [1.54, 1.807) is 41.3 Å². The molecule has 2 rings (SSSR count). The topological polar surface area (TPSA) is 67.2 Å². The van der Waals surface area contributed by atoms with E-state index in [2.05, 4.69) is 10.4 Å². The molecule has 0 bridgehead atoms. The number of carbonyl (C=O) groups is 1. The maximum Gasteiger partial charge on any atom is 0.224 e. The summed E-state index contributed by atoms with van der Waals surface area (Å²) in [5.41, 5.74) is 1.23. The van der Waals surface area contributed by atoms with Crippen LogP contribution in [0, 0.1) is 0 Å². The molecule has 0 aliphatic rings. The molecule has 1 amide bonds. The van der Waals surface area contributed by atoms with E-state index in [4.69, 9.17) is 16.7 Å².